The molecule has 0 saturated carbocycles. The van der Waals surface area contributed by atoms with Gasteiger partial charge in [-0.05, 0) is 31.2 Å². The van der Waals surface area contributed by atoms with E-state index in [2.05, 4.69) is 10.3 Å². The van der Waals surface area contributed by atoms with Gasteiger partial charge in [-0.25, -0.2) is 17.7 Å². The molecule has 1 unspecified atom stereocenters. The summed E-state index contributed by atoms with van der Waals surface area (Å²) in [6.45, 7) is 1.66. The van der Waals surface area contributed by atoms with Crippen LogP contribution in [-0.2, 0) is 14.8 Å². The Labute approximate surface area is 135 Å². The Morgan fingerprint density at radius 3 is 2.43 bits per heavy atom. The van der Waals surface area contributed by atoms with Crippen molar-refractivity contribution in [2.45, 2.75) is 18.0 Å². The van der Waals surface area contributed by atoms with E-state index < -0.39 is 16.3 Å². The molecular weight excluding hydrogens is 314 g/mol. The molecule has 1 aliphatic rings. The van der Waals surface area contributed by atoms with Gasteiger partial charge in [-0.2, -0.15) is 0 Å². The highest BCUT2D eigenvalue weighted by Gasteiger charge is 2.37. The lowest BCUT2D eigenvalue weighted by Crippen LogP contribution is -2.48. The number of anilines is 1. The molecule has 1 heterocycles. The number of hydrogen-bond donors (Lipinski definition) is 1. The number of nitrogens with one attached hydrogen (secondary N) is 1. The number of sulfonamides is 1. The monoisotopic (exact) mass is 331 g/mol. The second kappa shape index (κ2) is 6.02. The van der Waals surface area contributed by atoms with Crippen LogP contribution < -0.4 is 5.32 Å². The Hall–Kier alpha value is -2.38. The van der Waals surface area contributed by atoms with Gasteiger partial charge in [-0.15, -0.1) is 0 Å². The maximum absolute atomic E-state index is 12.9. The molecule has 2 aromatic carbocycles. The quantitative estimate of drug-likeness (QED) is 0.939. The lowest BCUT2D eigenvalue weighted by Gasteiger charge is -2.33. The second-order valence-corrected chi connectivity index (χ2v) is 6.81. The van der Waals surface area contributed by atoms with Crippen LogP contribution in [0.25, 0.3) is 0 Å². The number of para-hydroxylation sites is 2. The number of guanidine groups is 1. The molecule has 0 radical (unpaired) electrons. The first kappa shape index (κ1) is 15.5. The number of fused-ring (bicyclic) bond motifs is 1. The molecule has 120 valence electrons. The number of aliphatic imine (C=N–C) groups is 1. The summed E-state index contributed by atoms with van der Waals surface area (Å²) >= 11 is 0. The summed E-state index contributed by atoms with van der Waals surface area (Å²) in [4.78, 5) is 4.63. The summed E-state index contributed by atoms with van der Waals surface area (Å²) in [7, 11) is -2.29. The minimum absolute atomic E-state index is 0.169. The van der Waals surface area contributed by atoms with Crippen molar-refractivity contribution >= 4 is 27.4 Å². The number of ether oxygens (including phenoxy) is 1. The van der Waals surface area contributed by atoms with Gasteiger partial charge in [0.25, 0.3) is 10.0 Å². The molecule has 2 aromatic rings. The molecule has 0 bridgehead atoms. The van der Waals surface area contributed by atoms with Crippen LogP contribution in [0.3, 0.4) is 0 Å². The van der Waals surface area contributed by atoms with Crippen LogP contribution in [0, 0.1) is 0 Å². The number of benzene rings is 2. The third kappa shape index (κ3) is 2.80. The molecule has 7 heteroatoms. The predicted molar refractivity (Wildman–Crippen MR) is 89.1 cm³/mol. The first-order chi connectivity index (χ1) is 11.0. The normalized spacial score (nSPS) is 17.1. The van der Waals surface area contributed by atoms with E-state index in [0.717, 1.165) is 9.99 Å². The second-order valence-electron chi connectivity index (χ2n) is 5.03. The van der Waals surface area contributed by atoms with Gasteiger partial charge in [-0.1, -0.05) is 30.3 Å². The van der Waals surface area contributed by atoms with E-state index in [4.69, 9.17) is 4.74 Å². The van der Waals surface area contributed by atoms with Crippen molar-refractivity contribution < 1.29 is 13.2 Å². The number of hydrogen-bond acceptors (Lipinski definition) is 5. The largest absolute Gasteiger partial charge is 0.361 e. The Bertz CT molecular complexity index is 835. The van der Waals surface area contributed by atoms with Gasteiger partial charge in [-0.3, -0.25) is 0 Å². The van der Waals surface area contributed by atoms with Crippen LogP contribution in [0.2, 0.25) is 0 Å². The van der Waals surface area contributed by atoms with Crippen molar-refractivity contribution in [2.24, 2.45) is 4.99 Å². The summed E-state index contributed by atoms with van der Waals surface area (Å²) in [6.07, 6.45) is -0.691. The molecule has 1 atom stereocenters. The topological polar surface area (TPSA) is 71.0 Å². The van der Waals surface area contributed by atoms with Crippen molar-refractivity contribution in [3.05, 3.63) is 54.6 Å². The molecule has 0 saturated heterocycles. The minimum Gasteiger partial charge on any atom is -0.361 e. The molecule has 0 fully saturated rings. The zero-order chi connectivity index (χ0) is 16.4. The van der Waals surface area contributed by atoms with Crippen LogP contribution in [0.4, 0.5) is 11.4 Å². The van der Waals surface area contributed by atoms with Crippen molar-refractivity contribution in [3.8, 4) is 0 Å². The van der Waals surface area contributed by atoms with Gasteiger partial charge in [0.1, 0.15) is 11.1 Å². The van der Waals surface area contributed by atoms with Crippen molar-refractivity contribution in [1.29, 1.82) is 0 Å². The highest BCUT2D eigenvalue weighted by molar-refractivity contribution is 7.90. The summed E-state index contributed by atoms with van der Waals surface area (Å²) in [5.41, 5.74) is 1.15. The standard InChI is InChI=1S/C16H17N3O3S/c1-12(22-2)19-16(17-13-8-4-3-5-9-13)18-14-10-6-7-11-15(14)23(19,20)21/h3-12H,1-2H3,(H,17,18). The lowest BCUT2D eigenvalue weighted by molar-refractivity contribution is 0.0605. The molecule has 3 rings (SSSR count). The summed E-state index contributed by atoms with van der Waals surface area (Å²) in [6, 6.07) is 15.9. The SMILES string of the molecule is COC(C)N1C(Nc2ccccc2)=Nc2ccccc2S1(=O)=O. The van der Waals surface area contributed by atoms with E-state index in [1.165, 1.54) is 7.11 Å². The lowest BCUT2D eigenvalue weighted by atomic mass is 10.3. The highest BCUT2D eigenvalue weighted by Crippen LogP contribution is 2.33. The Morgan fingerprint density at radius 2 is 1.74 bits per heavy atom. The fraction of sp³-hybridized carbons (Fsp3) is 0.188. The fourth-order valence-electron chi connectivity index (χ4n) is 2.35. The van der Waals surface area contributed by atoms with Crippen LogP contribution in [0.5, 0.6) is 0 Å². The first-order valence-corrected chi connectivity index (χ1v) is 8.55. The third-order valence-corrected chi connectivity index (χ3v) is 5.43. The zero-order valence-electron chi connectivity index (χ0n) is 12.8. The number of methoxy groups -OCH3 is 1. The van der Waals surface area contributed by atoms with Crippen molar-refractivity contribution in [3.63, 3.8) is 0 Å². The first-order valence-electron chi connectivity index (χ1n) is 7.11. The van der Waals surface area contributed by atoms with E-state index in [9.17, 15) is 8.42 Å². The van der Waals surface area contributed by atoms with E-state index in [1.54, 1.807) is 31.2 Å². The van der Waals surface area contributed by atoms with Crippen LogP contribution in [0.15, 0.2) is 64.5 Å². The molecule has 0 amide bonds. The van der Waals surface area contributed by atoms with Gasteiger partial charge in [0.05, 0.1) is 5.69 Å². The van der Waals surface area contributed by atoms with Crippen molar-refractivity contribution in [2.75, 3.05) is 12.4 Å². The molecule has 0 spiro atoms. The number of rotatable bonds is 3. The average Bonchev–Trinajstić information content (AvgIpc) is 2.55. The van der Waals surface area contributed by atoms with E-state index in [-0.39, 0.29) is 10.9 Å². The van der Waals surface area contributed by atoms with Crippen LogP contribution in [0.1, 0.15) is 6.92 Å². The van der Waals surface area contributed by atoms with Crippen LogP contribution in [-0.4, -0.2) is 32.0 Å². The van der Waals surface area contributed by atoms with Gasteiger partial charge in [0.15, 0.2) is 0 Å². The molecular formula is C16H17N3O3S. The van der Waals surface area contributed by atoms with Crippen molar-refractivity contribution in [1.82, 2.24) is 4.31 Å². The molecule has 0 aromatic heterocycles. The minimum atomic E-state index is -3.75. The molecule has 1 aliphatic heterocycles. The molecule has 23 heavy (non-hydrogen) atoms. The van der Waals surface area contributed by atoms with E-state index in [1.807, 2.05) is 30.3 Å². The molecule has 6 nitrogen and oxygen atoms in total. The van der Waals surface area contributed by atoms with Gasteiger partial charge < -0.3 is 10.1 Å². The Morgan fingerprint density at radius 1 is 1.09 bits per heavy atom. The molecule has 0 aliphatic carbocycles. The zero-order valence-corrected chi connectivity index (χ0v) is 13.6. The van der Waals surface area contributed by atoms with Gasteiger partial charge in [0, 0.05) is 12.8 Å². The summed E-state index contributed by atoms with van der Waals surface area (Å²) in [5.74, 6) is 0.212. The van der Waals surface area contributed by atoms with E-state index in [0.29, 0.717) is 5.69 Å². The maximum atomic E-state index is 12.9. The smallest absolute Gasteiger partial charge is 0.270 e. The van der Waals surface area contributed by atoms with Gasteiger partial charge in [0.2, 0.25) is 5.96 Å². The highest BCUT2D eigenvalue weighted by atomic mass is 32.2. The van der Waals surface area contributed by atoms with Crippen LogP contribution >= 0.6 is 0 Å². The Balaban J connectivity index is 2.12. The van der Waals surface area contributed by atoms with Gasteiger partial charge >= 0.3 is 0 Å². The molecule has 1 N–H and O–H groups in total. The summed E-state index contributed by atoms with van der Waals surface area (Å²) < 4.78 is 32.2. The third-order valence-electron chi connectivity index (χ3n) is 3.54. The summed E-state index contributed by atoms with van der Waals surface area (Å²) in [5, 5.41) is 3.06. The number of nitrogens with zero attached hydrogens (tertiary/aromatic N) is 2. The fourth-order valence-corrected chi connectivity index (χ4v) is 3.98. The predicted octanol–water partition coefficient (Wildman–Crippen LogP) is 2.78. The van der Waals surface area contributed by atoms with E-state index >= 15 is 0 Å². The maximum Gasteiger partial charge on any atom is 0.270 e. The average molecular weight is 331 g/mol. The Kier molecular flexibility index (Phi) is 4.06.